The predicted octanol–water partition coefficient (Wildman–Crippen LogP) is 4.86. The summed E-state index contributed by atoms with van der Waals surface area (Å²) in [4.78, 5) is 16.8. The third-order valence-electron chi connectivity index (χ3n) is 5.71. The minimum atomic E-state index is -3.97. The number of pyridine rings is 1. The van der Waals surface area contributed by atoms with Crippen LogP contribution in [0, 0.1) is 20.8 Å². The Balaban J connectivity index is 1.51. The van der Waals surface area contributed by atoms with E-state index >= 15 is 0 Å². The fourth-order valence-electron chi connectivity index (χ4n) is 3.63. The highest BCUT2D eigenvalue weighted by atomic mass is 32.2. The van der Waals surface area contributed by atoms with Gasteiger partial charge in [0.25, 0.3) is 26.0 Å². The zero-order valence-corrected chi connectivity index (χ0v) is 22.5. The largest absolute Gasteiger partial charge is 0.322 e. The van der Waals surface area contributed by atoms with Crippen molar-refractivity contribution >= 4 is 43.0 Å². The number of carbonyl (C=O) groups excluding carboxylic acids is 1. The summed E-state index contributed by atoms with van der Waals surface area (Å²) in [5.41, 5.74) is 3.42. The van der Waals surface area contributed by atoms with Crippen molar-refractivity contribution in [1.29, 1.82) is 0 Å². The van der Waals surface area contributed by atoms with Gasteiger partial charge in [0.15, 0.2) is 0 Å². The highest BCUT2D eigenvalue weighted by Gasteiger charge is 2.21. The summed E-state index contributed by atoms with van der Waals surface area (Å²) in [5, 5.41) is 2.67. The summed E-state index contributed by atoms with van der Waals surface area (Å²) in [7, 11) is -7.81. The normalized spacial score (nSPS) is 11.6. The van der Waals surface area contributed by atoms with Gasteiger partial charge in [-0.05, 0) is 92.1 Å². The van der Waals surface area contributed by atoms with E-state index in [0.29, 0.717) is 22.6 Å². The molecular weight excluding hydrogens is 524 g/mol. The van der Waals surface area contributed by atoms with Gasteiger partial charge in [0, 0.05) is 17.4 Å². The maximum Gasteiger partial charge on any atom is 0.262 e. The average Bonchev–Trinajstić information content (AvgIpc) is 2.87. The Kier molecular flexibility index (Phi) is 7.51. The summed E-state index contributed by atoms with van der Waals surface area (Å²) in [6, 6.07) is 18.7. The molecule has 4 rings (SSSR count). The first-order valence-electron chi connectivity index (χ1n) is 11.5. The third kappa shape index (κ3) is 6.18. The maximum absolute atomic E-state index is 13.2. The van der Waals surface area contributed by atoms with Gasteiger partial charge in [0.2, 0.25) is 0 Å². The molecule has 4 aromatic rings. The summed E-state index contributed by atoms with van der Waals surface area (Å²) in [6.07, 6.45) is 2.92. The third-order valence-corrected chi connectivity index (χ3v) is 8.62. The molecule has 38 heavy (non-hydrogen) atoms. The van der Waals surface area contributed by atoms with E-state index in [1.807, 2.05) is 19.1 Å². The summed E-state index contributed by atoms with van der Waals surface area (Å²) < 4.78 is 56.6. The first-order chi connectivity index (χ1) is 17.9. The van der Waals surface area contributed by atoms with E-state index < -0.39 is 26.0 Å². The first kappa shape index (κ1) is 26.8. The van der Waals surface area contributed by atoms with Crippen molar-refractivity contribution in [1.82, 2.24) is 4.98 Å². The van der Waals surface area contributed by atoms with Crippen LogP contribution < -0.4 is 14.8 Å². The van der Waals surface area contributed by atoms with Crippen LogP contribution in [0.2, 0.25) is 0 Å². The first-order valence-corrected chi connectivity index (χ1v) is 14.5. The standard InChI is InChI=1S/C27H26N4O5S2/c1-18-6-7-19(2)25(15-18)31-38(35,36)26-16-21(9-8-20(26)3)27(32)29-22-10-12-24(13-11-22)37(33,34)30-23-5-4-14-28-17-23/h4-17,30-31H,1-3H3,(H,29,32). The van der Waals surface area contributed by atoms with Crippen LogP contribution in [0.3, 0.4) is 0 Å². The molecule has 9 nitrogen and oxygen atoms in total. The Bertz CT molecular complexity index is 1700. The van der Waals surface area contributed by atoms with Gasteiger partial charge in [-0.1, -0.05) is 18.2 Å². The minimum Gasteiger partial charge on any atom is -0.322 e. The number of hydrogen-bond acceptors (Lipinski definition) is 6. The lowest BCUT2D eigenvalue weighted by Crippen LogP contribution is -2.18. The Morgan fingerprint density at radius 1 is 0.737 bits per heavy atom. The van der Waals surface area contributed by atoms with Crippen molar-refractivity contribution in [2.45, 2.75) is 30.6 Å². The van der Waals surface area contributed by atoms with E-state index in [0.717, 1.165) is 11.1 Å². The fraction of sp³-hybridized carbons (Fsp3) is 0.111. The van der Waals surface area contributed by atoms with Gasteiger partial charge in [0.1, 0.15) is 0 Å². The van der Waals surface area contributed by atoms with Crippen molar-refractivity contribution in [3.05, 3.63) is 107 Å². The molecule has 0 spiro atoms. The number of anilines is 3. The fourth-order valence-corrected chi connectivity index (χ4v) is 6.07. The van der Waals surface area contributed by atoms with Gasteiger partial charge >= 0.3 is 0 Å². The molecule has 3 aromatic carbocycles. The Morgan fingerprint density at radius 2 is 1.45 bits per heavy atom. The van der Waals surface area contributed by atoms with E-state index in [9.17, 15) is 21.6 Å². The van der Waals surface area contributed by atoms with E-state index in [1.165, 1.54) is 48.8 Å². The molecule has 0 aliphatic heterocycles. The number of nitrogens with one attached hydrogen (secondary N) is 3. The van der Waals surface area contributed by atoms with E-state index in [-0.39, 0.29) is 15.4 Å². The summed E-state index contributed by atoms with van der Waals surface area (Å²) in [6.45, 7) is 5.32. The zero-order chi connectivity index (χ0) is 27.5. The van der Waals surface area contributed by atoms with Crippen LogP contribution in [0.1, 0.15) is 27.0 Å². The van der Waals surface area contributed by atoms with Gasteiger partial charge < -0.3 is 5.32 Å². The van der Waals surface area contributed by atoms with Crippen LogP contribution in [0.5, 0.6) is 0 Å². The van der Waals surface area contributed by atoms with Crippen molar-refractivity contribution in [2.75, 3.05) is 14.8 Å². The van der Waals surface area contributed by atoms with Crippen LogP contribution in [0.4, 0.5) is 17.1 Å². The van der Waals surface area contributed by atoms with E-state index in [1.54, 1.807) is 38.1 Å². The summed E-state index contributed by atoms with van der Waals surface area (Å²) in [5.74, 6) is -0.544. The molecule has 0 fully saturated rings. The molecule has 11 heteroatoms. The molecule has 0 radical (unpaired) electrons. The molecule has 3 N–H and O–H groups in total. The molecule has 1 aromatic heterocycles. The SMILES string of the molecule is Cc1ccc(C)c(NS(=O)(=O)c2cc(C(=O)Nc3ccc(S(=O)(=O)Nc4cccnc4)cc3)ccc2C)c1. The Hall–Kier alpha value is -4.22. The molecule has 1 amide bonds. The van der Waals surface area contributed by atoms with Crippen molar-refractivity contribution in [3.63, 3.8) is 0 Å². The second-order valence-corrected chi connectivity index (χ2v) is 12.1. The molecule has 196 valence electrons. The Morgan fingerprint density at radius 3 is 2.13 bits per heavy atom. The van der Waals surface area contributed by atoms with Gasteiger partial charge in [-0.3, -0.25) is 19.2 Å². The lowest BCUT2D eigenvalue weighted by molar-refractivity contribution is 0.102. The van der Waals surface area contributed by atoms with E-state index in [4.69, 9.17) is 0 Å². The molecule has 1 heterocycles. The predicted molar refractivity (Wildman–Crippen MR) is 147 cm³/mol. The molecule has 0 aliphatic rings. The van der Waals surface area contributed by atoms with Crippen LogP contribution in [0.25, 0.3) is 0 Å². The average molecular weight is 551 g/mol. The molecule has 0 saturated heterocycles. The lowest BCUT2D eigenvalue weighted by Gasteiger charge is -2.14. The second-order valence-electron chi connectivity index (χ2n) is 8.73. The van der Waals surface area contributed by atoms with Gasteiger partial charge in [-0.2, -0.15) is 0 Å². The number of hydrogen-bond donors (Lipinski definition) is 3. The maximum atomic E-state index is 13.2. The molecule has 0 bridgehead atoms. The lowest BCUT2D eigenvalue weighted by atomic mass is 10.1. The molecule has 0 atom stereocenters. The highest BCUT2D eigenvalue weighted by Crippen LogP contribution is 2.25. The monoisotopic (exact) mass is 550 g/mol. The highest BCUT2D eigenvalue weighted by molar-refractivity contribution is 7.93. The molecule has 0 aliphatic carbocycles. The smallest absolute Gasteiger partial charge is 0.262 e. The van der Waals surface area contributed by atoms with E-state index in [2.05, 4.69) is 19.7 Å². The van der Waals surface area contributed by atoms with Gasteiger partial charge in [0.05, 0.1) is 27.4 Å². The molecule has 0 unspecified atom stereocenters. The summed E-state index contributed by atoms with van der Waals surface area (Å²) >= 11 is 0. The minimum absolute atomic E-state index is 0.000541. The number of carbonyl (C=O) groups is 1. The number of benzene rings is 3. The number of rotatable bonds is 8. The number of aromatic nitrogens is 1. The van der Waals surface area contributed by atoms with Crippen molar-refractivity contribution in [3.8, 4) is 0 Å². The number of nitrogens with zero attached hydrogens (tertiary/aromatic N) is 1. The zero-order valence-electron chi connectivity index (χ0n) is 20.9. The Labute approximate surface area is 222 Å². The van der Waals surface area contributed by atoms with Crippen LogP contribution in [-0.4, -0.2) is 27.7 Å². The number of amides is 1. The molecular formula is C27H26N4O5S2. The topological polar surface area (TPSA) is 134 Å². The van der Waals surface area contributed by atoms with Gasteiger partial charge in [-0.15, -0.1) is 0 Å². The van der Waals surface area contributed by atoms with Crippen LogP contribution >= 0.6 is 0 Å². The molecule has 0 saturated carbocycles. The second kappa shape index (κ2) is 10.6. The van der Waals surface area contributed by atoms with Crippen LogP contribution in [0.15, 0.2) is 95.0 Å². The number of sulfonamides is 2. The van der Waals surface area contributed by atoms with Crippen LogP contribution in [-0.2, 0) is 20.0 Å². The van der Waals surface area contributed by atoms with Gasteiger partial charge in [-0.25, -0.2) is 16.8 Å². The quantitative estimate of drug-likeness (QED) is 0.287. The van der Waals surface area contributed by atoms with Crippen molar-refractivity contribution < 1.29 is 21.6 Å². The van der Waals surface area contributed by atoms with Crippen molar-refractivity contribution in [2.24, 2.45) is 0 Å². The number of aryl methyl sites for hydroxylation is 3.